The van der Waals surface area contributed by atoms with Crippen LogP contribution in [0.4, 0.5) is 4.39 Å². The van der Waals surface area contributed by atoms with Crippen molar-refractivity contribution in [3.05, 3.63) is 59.7 Å². The number of amides is 2. The van der Waals surface area contributed by atoms with E-state index in [9.17, 15) is 14.0 Å². The highest BCUT2D eigenvalue weighted by molar-refractivity contribution is 5.96. The lowest BCUT2D eigenvalue weighted by Gasteiger charge is -2.31. The molecular weight excluding hydrogens is 357 g/mol. The number of aromatic nitrogens is 1. The minimum absolute atomic E-state index is 0.0339. The average molecular weight is 385 g/mol. The quantitative estimate of drug-likeness (QED) is 0.697. The van der Waals surface area contributed by atoms with Gasteiger partial charge in [-0.25, -0.2) is 4.39 Å². The fraction of sp³-hybridized carbons (Fsp3) is 0.455. The molecule has 2 aromatic rings. The molecule has 1 aromatic heterocycles. The second-order valence-corrected chi connectivity index (χ2v) is 7.56. The Kier molecular flexibility index (Phi) is 6.17. The number of nitrogens with zero attached hydrogens (tertiary/aromatic N) is 3. The normalized spacial score (nSPS) is 14.6. The van der Waals surface area contributed by atoms with Crippen LogP contribution in [0.2, 0.25) is 0 Å². The number of halogens is 1. The van der Waals surface area contributed by atoms with Crippen LogP contribution in [0, 0.1) is 5.82 Å². The van der Waals surface area contributed by atoms with Gasteiger partial charge in [0.15, 0.2) is 0 Å². The minimum atomic E-state index is -0.384. The van der Waals surface area contributed by atoms with E-state index >= 15 is 0 Å². The van der Waals surface area contributed by atoms with E-state index in [1.807, 2.05) is 48.7 Å². The van der Waals surface area contributed by atoms with Crippen molar-refractivity contribution in [3.8, 4) is 0 Å². The molecule has 150 valence electrons. The summed E-state index contributed by atoms with van der Waals surface area (Å²) in [4.78, 5) is 29.6. The van der Waals surface area contributed by atoms with Crippen LogP contribution >= 0.6 is 0 Å². The molecule has 28 heavy (non-hydrogen) atoms. The van der Waals surface area contributed by atoms with Gasteiger partial charge in [-0.3, -0.25) is 9.59 Å². The standard InChI is InChI=1S/C22H28FN3O2/c1-4-16(2)25(22(28)17-7-9-18(23)10-8-17)15-21(27)26(19-11-12-19)14-20-6-5-13-24(20)3/h5-10,13,16,19H,4,11-12,14-15H2,1-3H3/t16-/m0/s1. The highest BCUT2D eigenvalue weighted by atomic mass is 19.1. The molecule has 0 saturated heterocycles. The molecule has 1 heterocycles. The number of carbonyl (C=O) groups is 2. The average Bonchev–Trinajstić information content (AvgIpc) is 3.45. The summed E-state index contributed by atoms with van der Waals surface area (Å²) >= 11 is 0. The number of aryl methyl sites for hydroxylation is 1. The summed E-state index contributed by atoms with van der Waals surface area (Å²) in [6, 6.07) is 9.64. The van der Waals surface area contributed by atoms with Crippen molar-refractivity contribution in [1.29, 1.82) is 0 Å². The zero-order valence-corrected chi connectivity index (χ0v) is 16.8. The van der Waals surface area contributed by atoms with Gasteiger partial charge >= 0.3 is 0 Å². The second kappa shape index (κ2) is 8.59. The Morgan fingerprint density at radius 3 is 2.43 bits per heavy atom. The van der Waals surface area contributed by atoms with Crippen molar-refractivity contribution in [2.45, 2.75) is 51.7 Å². The maximum absolute atomic E-state index is 13.2. The van der Waals surface area contributed by atoms with Gasteiger partial charge in [-0.15, -0.1) is 0 Å². The van der Waals surface area contributed by atoms with Crippen molar-refractivity contribution in [1.82, 2.24) is 14.4 Å². The first-order chi connectivity index (χ1) is 13.4. The van der Waals surface area contributed by atoms with E-state index < -0.39 is 0 Å². The summed E-state index contributed by atoms with van der Waals surface area (Å²) in [6.07, 6.45) is 4.71. The lowest BCUT2D eigenvalue weighted by atomic mass is 10.1. The van der Waals surface area contributed by atoms with Gasteiger partial charge in [-0.1, -0.05) is 6.92 Å². The molecule has 0 N–H and O–H groups in total. The molecule has 3 rings (SSSR count). The van der Waals surface area contributed by atoms with Crippen molar-refractivity contribution in [2.24, 2.45) is 7.05 Å². The molecule has 0 bridgehead atoms. The Morgan fingerprint density at radius 2 is 1.89 bits per heavy atom. The first-order valence-corrected chi connectivity index (χ1v) is 9.87. The van der Waals surface area contributed by atoms with Crippen molar-refractivity contribution < 1.29 is 14.0 Å². The van der Waals surface area contributed by atoms with Gasteiger partial charge < -0.3 is 14.4 Å². The smallest absolute Gasteiger partial charge is 0.254 e. The van der Waals surface area contributed by atoms with E-state index in [0.717, 1.165) is 25.0 Å². The van der Waals surface area contributed by atoms with Crippen LogP contribution in [0.15, 0.2) is 42.6 Å². The van der Waals surface area contributed by atoms with Gasteiger partial charge in [0, 0.05) is 36.6 Å². The first kappa shape index (κ1) is 20.1. The molecule has 0 spiro atoms. The van der Waals surface area contributed by atoms with Crippen molar-refractivity contribution in [2.75, 3.05) is 6.54 Å². The van der Waals surface area contributed by atoms with Crippen LogP contribution in [0.3, 0.4) is 0 Å². The molecule has 1 fully saturated rings. The molecule has 1 saturated carbocycles. The highest BCUT2D eigenvalue weighted by Gasteiger charge is 2.35. The molecule has 1 aromatic carbocycles. The second-order valence-electron chi connectivity index (χ2n) is 7.56. The monoisotopic (exact) mass is 385 g/mol. The summed E-state index contributed by atoms with van der Waals surface area (Å²) in [7, 11) is 1.97. The Hall–Kier alpha value is -2.63. The van der Waals surface area contributed by atoms with Gasteiger partial charge in [-0.05, 0) is 62.6 Å². The summed E-state index contributed by atoms with van der Waals surface area (Å²) in [5, 5.41) is 0. The van der Waals surface area contributed by atoms with E-state index in [4.69, 9.17) is 0 Å². The predicted molar refractivity (Wildman–Crippen MR) is 106 cm³/mol. The lowest BCUT2D eigenvalue weighted by Crippen LogP contribution is -2.47. The molecule has 0 aliphatic heterocycles. The number of hydrogen-bond donors (Lipinski definition) is 0. The largest absolute Gasteiger partial charge is 0.353 e. The van der Waals surface area contributed by atoms with E-state index in [2.05, 4.69) is 0 Å². The van der Waals surface area contributed by atoms with E-state index in [-0.39, 0.29) is 36.3 Å². The third-order valence-electron chi connectivity index (χ3n) is 5.47. The van der Waals surface area contributed by atoms with E-state index in [1.165, 1.54) is 24.3 Å². The van der Waals surface area contributed by atoms with Gasteiger partial charge in [0.1, 0.15) is 12.4 Å². The molecule has 2 amide bonds. The zero-order valence-electron chi connectivity index (χ0n) is 16.8. The third-order valence-corrected chi connectivity index (χ3v) is 5.47. The van der Waals surface area contributed by atoms with Gasteiger partial charge in [-0.2, -0.15) is 0 Å². The third kappa shape index (κ3) is 4.61. The molecule has 0 unspecified atom stereocenters. The number of carbonyl (C=O) groups excluding carboxylic acids is 2. The molecule has 6 heteroatoms. The lowest BCUT2D eigenvalue weighted by molar-refractivity contribution is -0.133. The van der Waals surface area contributed by atoms with Gasteiger partial charge in [0.05, 0.1) is 6.54 Å². The molecule has 1 aliphatic carbocycles. The van der Waals surface area contributed by atoms with Gasteiger partial charge in [0.2, 0.25) is 5.91 Å². The number of rotatable bonds is 8. The Bertz CT molecular complexity index is 827. The molecule has 5 nitrogen and oxygen atoms in total. The van der Waals surface area contributed by atoms with Crippen LogP contribution < -0.4 is 0 Å². The summed E-state index contributed by atoms with van der Waals surface area (Å²) < 4.78 is 15.2. The highest BCUT2D eigenvalue weighted by Crippen LogP contribution is 2.29. The summed E-state index contributed by atoms with van der Waals surface area (Å²) in [6.45, 7) is 4.51. The maximum atomic E-state index is 13.2. The fourth-order valence-corrected chi connectivity index (χ4v) is 3.29. The zero-order chi connectivity index (χ0) is 20.3. The minimum Gasteiger partial charge on any atom is -0.353 e. The maximum Gasteiger partial charge on any atom is 0.254 e. The SMILES string of the molecule is CC[C@H](C)N(CC(=O)N(Cc1cccn1C)C1CC1)C(=O)c1ccc(F)cc1. The summed E-state index contributed by atoms with van der Waals surface area (Å²) in [5.41, 5.74) is 1.47. The van der Waals surface area contributed by atoms with Crippen molar-refractivity contribution >= 4 is 11.8 Å². The van der Waals surface area contributed by atoms with Crippen LogP contribution in [0.1, 0.15) is 49.2 Å². The van der Waals surface area contributed by atoms with Crippen LogP contribution in [-0.4, -0.2) is 44.8 Å². The predicted octanol–water partition coefficient (Wildman–Crippen LogP) is 3.60. The van der Waals surface area contributed by atoms with Crippen LogP contribution in [-0.2, 0) is 18.4 Å². The first-order valence-electron chi connectivity index (χ1n) is 9.87. The summed E-state index contributed by atoms with van der Waals surface area (Å²) in [5.74, 6) is -0.665. The Morgan fingerprint density at radius 1 is 1.21 bits per heavy atom. The van der Waals surface area contributed by atoms with Crippen LogP contribution in [0.5, 0.6) is 0 Å². The Balaban J connectivity index is 1.77. The van der Waals surface area contributed by atoms with E-state index in [1.54, 1.807) is 4.90 Å². The molecular formula is C22H28FN3O2. The Labute approximate surface area is 165 Å². The topological polar surface area (TPSA) is 45.6 Å². The molecule has 0 radical (unpaired) electrons. The molecule has 1 aliphatic rings. The number of hydrogen-bond acceptors (Lipinski definition) is 2. The van der Waals surface area contributed by atoms with Crippen LogP contribution in [0.25, 0.3) is 0 Å². The number of benzene rings is 1. The van der Waals surface area contributed by atoms with E-state index in [0.29, 0.717) is 12.1 Å². The van der Waals surface area contributed by atoms with Gasteiger partial charge in [0.25, 0.3) is 5.91 Å². The molecule has 1 atom stereocenters. The van der Waals surface area contributed by atoms with Crippen molar-refractivity contribution in [3.63, 3.8) is 0 Å². The fourth-order valence-electron chi connectivity index (χ4n) is 3.29.